The van der Waals surface area contributed by atoms with Crippen LogP contribution in [0.3, 0.4) is 0 Å². The van der Waals surface area contributed by atoms with Crippen molar-refractivity contribution in [3.05, 3.63) is 35.6 Å². The smallest absolute Gasteiger partial charge is 0.129 e. The molecule has 0 atom stereocenters. The summed E-state index contributed by atoms with van der Waals surface area (Å²) in [6.45, 7) is 1.48. The summed E-state index contributed by atoms with van der Waals surface area (Å²) in [6.07, 6.45) is 1.15. The zero-order valence-electron chi connectivity index (χ0n) is 8.37. The van der Waals surface area contributed by atoms with Crippen LogP contribution in [0.15, 0.2) is 24.3 Å². The molecule has 2 N–H and O–H groups in total. The summed E-state index contributed by atoms with van der Waals surface area (Å²) >= 11 is 0. The van der Waals surface area contributed by atoms with Crippen LogP contribution in [0.2, 0.25) is 0 Å². The average molecular weight is 232 g/mol. The van der Waals surface area contributed by atoms with Crippen LogP contribution in [0, 0.1) is 5.82 Å². The van der Waals surface area contributed by atoms with Crippen LogP contribution in [0.25, 0.3) is 0 Å². The van der Waals surface area contributed by atoms with Gasteiger partial charge in [-0.15, -0.1) is 12.4 Å². The Balaban J connectivity index is 0.00000112. The summed E-state index contributed by atoms with van der Waals surface area (Å²) in [5.74, 6) is -0.308. The molecule has 1 saturated heterocycles. The highest BCUT2D eigenvalue weighted by atomic mass is 35.5. The van der Waals surface area contributed by atoms with Crippen LogP contribution in [-0.4, -0.2) is 18.2 Å². The van der Waals surface area contributed by atoms with Crippen LogP contribution < -0.4 is 5.32 Å². The van der Waals surface area contributed by atoms with Crippen molar-refractivity contribution in [3.63, 3.8) is 0 Å². The van der Waals surface area contributed by atoms with Gasteiger partial charge in [0, 0.05) is 5.56 Å². The van der Waals surface area contributed by atoms with Gasteiger partial charge in [0.25, 0.3) is 0 Å². The molecule has 0 spiro atoms. The monoisotopic (exact) mass is 231 g/mol. The highest BCUT2D eigenvalue weighted by molar-refractivity contribution is 5.85. The molecule has 0 bridgehead atoms. The Hall–Kier alpha value is -0.640. The van der Waals surface area contributed by atoms with Gasteiger partial charge >= 0.3 is 0 Å². The molecular formula is C11H15ClFNO. The Morgan fingerprint density at radius 3 is 2.40 bits per heavy atom. The quantitative estimate of drug-likeness (QED) is 0.773. The number of nitrogens with one attached hydrogen (secondary N) is 1. The van der Waals surface area contributed by atoms with Gasteiger partial charge in [0.05, 0.1) is 5.60 Å². The second-order valence-electron chi connectivity index (χ2n) is 3.76. The molecule has 1 aliphatic rings. The van der Waals surface area contributed by atoms with Gasteiger partial charge in [-0.2, -0.15) is 0 Å². The standard InChI is InChI=1S/C11H14FNO.ClH/c12-10-4-2-1-3-9(10)11(14)5-7-13-8-6-11;/h1-4,13-14H,5-8H2;1H. The Bertz CT molecular complexity index is 326. The minimum atomic E-state index is -0.976. The van der Waals surface area contributed by atoms with Gasteiger partial charge in [0.1, 0.15) is 5.82 Å². The van der Waals surface area contributed by atoms with Crippen molar-refractivity contribution >= 4 is 12.4 Å². The van der Waals surface area contributed by atoms with Gasteiger partial charge in [-0.1, -0.05) is 18.2 Å². The molecule has 0 radical (unpaired) electrons. The summed E-state index contributed by atoms with van der Waals surface area (Å²) in [6, 6.07) is 6.47. The van der Waals surface area contributed by atoms with Crippen LogP contribution in [0.1, 0.15) is 18.4 Å². The van der Waals surface area contributed by atoms with E-state index in [4.69, 9.17) is 0 Å². The largest absolute Gasteiger partial charge is 0.385 e. The molecule has 2 nitrogen and oxygen atoms in total. The Labute approximate surface area is 94.9 Å². The Kier molecular flexibility index (Phi) is 4.08. The number of benzene rings is 1. The molecule has 84 valence electrons. The minimum Gasteiger partial charge on any atom is -0.385 e. The number of rotatable bonds is 1. The van der Waals surface area contributed by atoms with E-state index in [0.717, 1.165) is 13.1 Å². The molecule has 0 aliphatic carbocycles. The zero-order chi connectivity index (χ0) is 10.0. The summed E-state index contributed by atoms with van der Waals surface area (Å²) in [5.41, 5.74) is -0.544. The van der Waals surface area contributed by atoms with E-state index in [9.17, 15) is 9.50 Å². The van der Waals surface area contributed by atoms with Crippen LogP contribution in [-0.2, 0) is 5.60 Å². The van der Waals surface area contributed by atoms with E-state index in [2.05, 4.69) is 5.32 Å². The van der Waals surface area contributed by atoms with Crippen molar-refractivity contribution in [2.75, 3.05) is 13.1 Å². The first-order chi connectivity index (χ1) is 6.72. The lowest BCUT2D eigenvalue weighted by Crippen LogP contribution is -2.40. The summed E-state index contributed by atoms with van der Waals surface area (Å²) in [4.78, 5) is 0. The summed E-state index contributed by atoms with van der Waals surface area (Å²) in [5, 5.41) is 13.4. The van der Waals surface area contributed by atoms with E-state index in [1.807, 2.05) is 0 Å². The number of aliphatic hydroxyl groups is 1. The van der Waals surface area contributed by atoms with Gasteiger partial charge in [0.2, 0.25) is 0 Å². The molecule has 1 fully saturated rings. The molecule has 4 heteroatoms. The first-order valence-corrected chi connectivity index (χ1v) is 4.90. The predicted molar refractivity (Wildman–Crippen MR) is 59.6 cm³/mol. The van der Waals surface area contributed by atoms with E-state index in [0.29, 0.717) is 18.4 Å². The van der Waals surface area contributed by atoms with E-state index >= 15 is 0 Å². The number of hydrogen-bond donors (Lipinski definition) is 2. The van der Waals surface area contributed by atoms with Gasteiger partial charge < -0.3 is 10.4 Å². The number of piperidine rings is 1. The SMILES string of the molecule is Cl.OC1(c2ccccc2F)CCNCC1. The van der Waals surface area contributed by atoms with Crippen molar-refractivity contribution in [3.8, 4) is 0 Å². The molecule has 1 heterocycles. The molecule has 0 aromatic heterocycles. The molecule has 0 amide bonds. The second-order valence-corrected chi connectivity index (χ2v) is 3.76. The van der Waals surface area contributed by atoms with Crippen molar-refractivity contribution in [2.45, 2.75) is 18.4 Å². The second kappa shape index (κ2) is 4.92. The van der Waals surface area contributed by atoms with Crippen LogP contribution in [0.5, 0.6) is 0 Å². The fourth-order valence-electron chi connectivity index (χ4n) is 1.95. The molecule has 0 unspecified atom stereocenters. The number of hydrogen-bond acceptors (Lipinski definition) is 2. The molecule has 1 aromatic carbocycles. The maximum Gasteiger partial charge on any atom is 0.129 e. The third kappa shape index (κ3) is 2.48. The minimum absolute atomic E-state index is 0. The summed E-state index contributed by atoms with van der Waals surface area (Å²) in [7, 11) is 0. The van der Waals surface area contributed by atoms with Crippen molar-refractivity contribution in [1.82, 2.24) is 5.32 Å². The maximum atomic E-state index is 13.4. The normalized spacial score (nSPS) is 19.3. The van der Waals surface area contributed by atoms with Gasteiger partial charge in [-0.05, 0) is 32.0 Å². The van der Waals surface area contributed by atoms with Crippen LogP contribution in [0.4, 0.5) is 4.39 Å². The van der Waals surface area contributed by atoms with Crippen LogP contribution >= 0.6 is 12.4 Å². The fraction of sp³-hybridized carbons (Fsp3) is 0.455. The number of halogens is 2. The summed E-state index contributed by atoms with van der Waals surface area (Å²) < 4.78 is 13.4. The molecule has 15 heavy (non-hydrogen) atoms. The Morgan fingerprint density at radius 1 is 1.20 bits per heavy atom. The van der Waals surface area contributed by atoms with E-state index in [1.165, 1.54) is 6.07 Å². The topological polar surface area (TPSA) is 32.3 Å². The lowest BCUT2D eigenvalue weighted by molar-refractivity contribution is 0.00277. The maximum absolute atomic E-state index is 13.4. The molecule has 2 rings (SSSR count). The van der Waals surface area contributed by atoms with Gasteiger partial charge in [-0.25, -0.2) is 4.39 Å². The third-order valence-electron chi connectivity index (χ3n) is 2.81. The first kappa shape index (κ1) is 12.4. The lowest BCUT2D eigenvalue weighted by Gasteiger charge is -2.33. The average Bonchev–Trinajstić information content (AvgIpc) is 2.19. The lowest BCUT2D eigenvalue weighted by atomic mass is 9.85. The highest BCUT2D eigenvalue weighted by Crippen LogP contribution is 2.31. The molecule has 0 saturated carbocycles. The third-order valence-corrected chi connectivity index (χ3v) is 2.81. The van der Waals surface area contributed by atoms with E-state index in [-0.39, 0.29) is 18.2 Å². The van der Waals surface area contributed by atoms with Gasteiger partial charge in [0.15, 0.2) is 0 Å². The van der Waals surface area contributed by atoms with E-state index < -0.39 is 5.60 Å². The van der Waals surface area contributed by atoms with Crippen molar-refractivity contribution in [1.29, 1.82) is 0 Å². The zero-order valence-corrected chi connectivity index (χ0v) is 9.19. The Morgan fingerprint density at radius 2 is 1.80 bits per heavy atom. The molecular weight excluding hydrogens is 217 g/mol. The fourth-order valence-corrected chi connectivity index (χ4v) is 1.95. The predicted octanol–water partition coefficient (Wildman–Crippen LogP) is 1.82. The van der Waals surface area contributed by atoms with Crippen molar-refractivity contribution in [2.24, 2.45) is 0 Å². The van der Waals surface area contributed by atoms with Gasteiger partial charge in [-0.3, -0.25) is 0 Å². The highest BCUT2D eigenvalue weighted by Gasteiger charge is 2.33. The van der Waals surface area contributed by atoms with Crippen molar-refractivity contribution < 1.29 is 9.50 Å². The molecule has 1 aliphatic heterocycles. The molecule has 1 aromatic rings. The first-order valence-electron chi connectivity index (χ1n) is 4.90. The van der Waals surface area contributed by atoms with E-state index in [1.54, 1.807) is 18.2 Å².